The van der Waals surface area contributed by atoms with Gasteiger partial charge in [-0.1, -0.05) is 22.9 Å². The standard InChI is InChI=1S/C13H17BrO3/c1-9(8-13(15)16-3)10(2)17-12-6-4-11(14)5-7-12/h4-7,9-10H,8H2,1-3H3. The van der Waals surface area contributed by atoms with E-state index in [2.05, 4.69) is 20.7 Å². The van der Waals surface area contributed by atoms with Gasteiger partial charge in [0, 0.05) is 10.4 Å². The number of carbonyl (C=O) groups is 1. The van der Waals surface area contributed by atoms with Gasteiger partial charge in [-0.25, -0.2) is 0 Å². The van der Waals surface area contributed by atoms with Crippen molar-refractivity contribution in [1.82, 2.24) is 0 Å². The van der Waals surface area contributed by atoms with E-state index in [-0.39, 0.29) is 18.0 Å². The molecule has 0 aliphatic carbocycles. The molecule has 2 unspecified atom stereocenters. The second-order valence-corrected chi connectivity index (χ2v) is 4.95. The van der Waals surface area contributed by atoms with Gasteiger partial charge in [0.1, 0.15) is 5.75 Å². The molecule has 94 valence electrons. The Morgan fingerprint density at radius 2 is 1.88 bits per heavy atom. The monoisotopic (exact) mass is 300 g/mol. The molecule has 17 heavy (non-hydrogen) atoms. The smallest absolute Gasteiger partial charge is 0.305 e. The highest BCUT2D eigenvalue weighted by Gasteiger charge is 2.17. The lowest BCUT2D eigenvalue weighted by Gasteiger charge is -2.20. The first-order chi connectivity index (χ1) is 8.02. The SMILES string of the molecule is COC(=O)CC(C)C(C)Oc1ccc(Br)cc1. The molecule has 0 aliphatic heterocycles. The molecule has 1 rings (SSSR count). The molecule has 1 aromatic rings. The van der Waals surface area contributed by atoms with Gasteiger partial charge in [0.2, 0.25) is 0 Å². The second-order valence-electron chi connectivity index (χ2n) is 4.03. The quantitative estimate of drug-likeness (QED) is 0.782. The molecule has 0 aromatic heterocycles. The zero-order valence-electron chi connectivity index (χ0n) is 10.3. The lowest BCUT2D eigenvalue weighted by molar-refractivity contribution is -0.142. The third-order valence-electron chi connectivity index (χ3n) is 2.65. The summed E-state index contributed by atoms with van der Waals surface area (Å²) in [5.74, 6) is 0.715. The van der Waals surface area contributed by atoms with Crippen LogP contribution in [0, 0.1) is 5.92 Å². The summed E-state index contributed by atoms with van der Waals surface area (Å²) >= 11 is 3.37. The Bertz CT molecular complexity index is 361. The molecule has 0 aliphatic rings. The summed E-state index contributed by atoms with van der Waals surface area (Å²) in [5.41, 5.74) is 0. The molecular formula is C13H17BrO3. The van der Waals surface area contributed by atoms with Gasteiger partial charge < -0.3 is 9.47 Å². The molecule has 0 amide bonds. The predicted molar refractivity (Wildman–Crippen MR) is 70.0 cm³/mol. The van der Waals surface area contributed by atoms with Crippen molar-refractivity contribution in [2.24, 2.45) is 5.92 Å². The van der Waals surface area contributed by atoms with Crippen molar-refractivity contribution in [3.63, 3.8) is 0 Å². The highest BCUT2D eigenvalue weighted by atomic mass is 79.9. The van der Waals surface area contributed by atoms with Crippen LogP contribution < -0.4 is 4.74 Å². The average Bonchev–Trinajstić information content (AvgIpc) is 2.31. The van der Waals surface area contributed by atoms with Crippen molar-refractivity contribution in [3.8, 4) is 5.75 Å². The van der Waals surface area contributed by atoms with E-state index in [4.69, 9.17) is 4.74 Å². The first-order valence-electron chi connectivity index (χ1n) is 5.52. The topological polar surface area (TPSA) is 35.5 Å². The molecule has 0 N–H and O–H groups in total. The minimum Gasteiger partial charge on any atom is -0.490 e. The first kappa shape index (κ1) is 14.0. The third kappa shape index (κ3) is 4.77. The normalized spacial score (nSPS) is 13.9. The van der Waals surface area contributed by atoms with Crippen LogP contribution in [0.5, 0.6) is 5.75 Å². The molecule has 3 nitrogen and oxygen atoms in total. The Hall–Kier alpha value is -1.03. The van der Waals surface area contributed by atoms with E-state index in [1.807, 2.05) is 38.1 Å². The lowest BCUT2D eigenvalue weighted by Crippen LogP contribution is -2.24. The Balaban J connectivity index is 2.50. The van der Waals surface area contributed by atoms with Crippen LogP contribution in [0.2, 0.25) is 0 Å². The van der Waals surface area contributed by atoms with Crippen molar-refractivity contribution in [1.29, 1.82) is 0 Å². The summed E-state index contributed by atoms with van der Waals surface area (Å²) in [6, 6.07) is 7.64. The number of hydrogen-bond acceptors (Lipinski definition) is 3. The number of halogens is 1. The van der Waals surface area contributed by atoms with Gasteiger partial charge in [0.25, 0.3) is 0 Å². The van der Waals surface area contributed by atoms with Gasteiger partial charge >= 0.3 is 5.97 Å². The fourth-order valence-corrected chi connectivity index (χ4v) is 1.62. The van der Waals surface area contributed by atoms with Crippen LogP contribution in [0.1, 0.15) is 20.3 Å². The van der Waals surface area contributed by atoms with Crippen molar-refractivity contribution >= 4 is 21.9 Å². The number of esters is 1. The molecule has 0 saturated heterocycles. The Morgan fingerprint density at radius 1 is 1.29 bits per heavy atom. The Kier molecular flexibility index (Phi) is 5.48. The van der Waals surface area contributed by atoms with E-state index in [1.54, 1.807) is 0 Å². The first-order valence-corrected chi connectivity index (χ1v) is 6.31. The number of methoxy groups -OCH3 is 1. The highest BCUT2D eigenvalue weighted by Crippen LogP contribution is 2.20. The maximum absolute atomic E-state index is 11.1. The van der Waals surface area contributed by atoms with Gasteiger partial charge in [0.05, 0.1) is 19.6 Å². The van der Waals surface area contributed by atoms with Crippen LogP contribution in [-0.2, 0) is 9.53 Å². The highest BCUT2D eigenvalue weighted by molar-refractivity contribution is 9.10. The van der Waals surface area contributed by atoms with Gasteiger partial charge in [-0.2, -0.15) is 0 Å². The van der Waals surface area contributed by atoms with Crippen LogP contribution in [-0.4, -0.2) is 19.2 Å². The van der Waals surface area contributed by atoms with Gasteiger partial charge in [-0.3, -0.25) is 4.79 Å². The van der Waals surface area contributed by atoms with Crippen molar-refractivity contribution in [2.75, 3.05) is 7.11 Å². The molecule has 0 saturated carbocycles. The molecule has 0 heterocycles. The van der Waals surface area contributed by atoms with Crippen molar-refractivity contribution < 1.29 is 14.3 Å². The molecule has 0 radical (unpaired) electrons. The molecule has 0 spiro atoms. The van der Waals surface area contributed by atoms with Gasteiger partial charge in [-0.05, 0) is 31.2 Å². The minimum absolute atomic E-state index is 0.0322. The third-order valence-corrected chi connectivity index (χ3v) is 3.18. The van der Waals surface area contributed by atoms with Crippen LogP contribution in [0.25, 0.3) is 0 Å². The van der Waals surface area contributed by atoms with E-state index in [9.17, 15) is 4.79 Å². The number of carbonyl (C=O) groups excluding carboxylic acids is 1. The molecule has 4 heteroatoms. The van der Waals surface area contributed by atoms with E-state index < -0.39 is 0 Å². The van der Waals surface area contributed by atoms with E-state index in [0.717, 1.165) is 10.2 Å². The van der Waals surface area contributed by atoms with Crippen molar-refractivity contribution in [2.45, 2.75) is 26.4 Å². The maximum Gasteiger partial charge on any atom is 0.305 e. The molecule has 1 aromatic carbocycles. The number of ether oxygens (including phenoxy) is 2. The molecular weight excluding hydrogens is 284 g/mol. The maximum atomic E-state index is 11.1. The molecule has 2 atom stereocenters. The van der Waals surface area contributed by atoms with Crippen molar-refractivity contribution in [3.05, 3.63) is 28.7 Å². The number of benzene rings is 1. The Labute approximate surface area is 110 Å². The van der Waals surface area contributed by atoms with Gasteiger partial charge in [0.15, 0.2) is 0 Å². The largest absolute Gasteiger partial charge is 0.490 e. The van der Waals surface area contributed by atoms with Crippen LogP contribution in [0.4, 0.5) is 0 Å². The van der Waals surface area contributed by atoms with E-state index >= 15 is 0 Å². The summed E-state index contributed by atoms with van der Waals surface area (Å²) in [6.45, 7) is 3.93. The summed E-state index contributed by atoms with van der Waals surface area (Å²) in [7, 11) is 1.40. The number of hydrogen-bond donors (Lipinski definition) is 0. The summed E-state index contributed by atoms with van der Waals surface area (Å²) in [4.78, 5) is 11.1. The zero-order chi connectivity index (χ0) is 12.8. The second kappa shape index (κ2) is 6.64. The fraction of sp³-hybridized carbons (Fsp3) is 0.462. The Morgan fingerprint density at radius 3 is 2.41 bits per heavy atom. The predicted octanol–water partition coefficient (Wildman–Crippen LogP) is 3.42. The average molecular weight is 301 g/mol. The molecule has 0 fully saturated rings. The van der Waals surface area contributed by atoms with Crippen LogP contribution in [0.3, 0.4) is 0 Å². The summed E-state index contributed by atoms with van der Waals surface area (Å²) in [5, 5.41) is 0. The summed E-state index contributed by atoms with van der Waals surface area (Å²) < 4.78 is 11.4. The lowest BCUT2D eigenvalue weighted by atomic mass is 10.0. The number of rotatable bonds is 5. The van der Waals surface area contributed by atoms with Crippen LogP contribution in [0.15, 0.2) is 28.7 Å². The minimum atomic E-state index is -0.205. The zero-order valence-corrected chi connectivity index (χ0v) is 11.9. The molecule has 0 bridgehead atoms. The van der Waals surface area contributed by atoms with E-state index in [0.29, 0.717) is 6.42 Å². The van der Waals surface area contributed by atoms with Gasteiger partial charge in [-0.15, -0.1) is 0 Å². The van der Waals surface area contributed by atoms with E-state index in [1.165, 1.54) is 7.11 Å². The summed E-state index contributed by atoms with van der Waals surface area (Å²) in [6.07, 6.45) is 0.337. The van der Waals surface area contributed by atoms with Crippen LogP contribution >= 0.6 is 15.9 Å². The fourth-order valence-electron chi connectivity index (χ4n) is 1.36.